The van der Waals surface area contributed by atoms with Crippen LogP contribution < -0.4 is 0 Å². The number of carbonyl (C=O) groups excluding carboxylic acids is 1. The van der Waals surface area contributed by atoms with Gasteiger partial charge in [-0.25, -0.2) is 0 Å². The molecule has 0 saturated carbocycles. The fraction of sp³-hybridized carbons (Fsp3) is 0. The quantitative estimate of drug-likeness (QED) is 0.216. The second-order valence-electron chi connectivity index (χ2n) is 10.2. The van der Waals surface area contributed by atoms with Gasteiger partial charge in [0.25, 0.3) is 0 Å². The molecule has 0 atom stereocenters. The van der Waals surface area contributed by atoms with Gasteiger partial charge in [-0.1, -0.05) is 78.9 Å². The van der Waals surface area contributed by atoms with Crippen LogP contribution in [0.3, 0.4) is 0 Å². The molecule has 0 aliphatic heterocycles. The SMILES string of the molecule is O=Cc1ccc2c(c1)c1ccccc1n2-c1ccc(-c2ccc(-n3c4ccccc4c4ccccc43)cc2)cc1. The molecule has 3 nitrogen and oxygen atoms in total. The lowest BCUT2D eigenvalue weighted by molar-refractivity contribution is 0.112. The molecule has 40 heavy (non-hydrogen) atoms. The number of rotatable bonds is 4. The summed E-state index contributed by atoms with van der Waals surface area (Å²) in [5, 5.41) is 4.77. The predicted molar refractivity (Wildman–Crippen MR) is 166 cm³/mol. The molecule has 0 bridgehead atoms. The van der Waals surface area contributed by atoms with Gasteiger partial charge in [0.05, 0.1) is 22.1 Å². The lowest BCUT2D eigenvalue weighted by atomic mass is 10.0. The first kappa shape index (κ1) is 22.6. The summed E-state index contributed by atoms with van der Waals surface area (Å²) in [5.74, 6) is 0. The van der Waals surface area contributed by atoms with E-state index in [4.69, 9.17) is 0 Å². The summed E-state index contributed by atoms with van der Waals surface area (Å²) in [4.78, 5) is 11.4. The third kappa shape index (κ3) is 3.35. The summed E-state index contributed by atoms with van der Waals surface area (Å²) in [6, 6.07) is 49.0. The van der Waals surface area contributed by atoms with Crippen molar-refractivity contribution < 1.29 is 4.79 Å². The van der Waals surface area contributed by atoms with E-state index in [0.29, 0.717) is 5.56 Å². The second kappa shape index (κ2) is 8.82. The van der Waals surface area contributed by atoms with Gasteiger partial charge < -0.3 is 9.13 Å². The van der Waals surface area contributed by atoms with Gasteiger partial charge in [-0.3, -0.25) is 4.79 Å². The molecule has 0 unspecified atom stereocenters. The molecule has 0 fully saturated rings. The molecule has 3 heteroatoms. The number of hydrogen-bond acceptors (Lipinski definition) is 1. The van der Waals surface area contributed by atoms with Crippen LogP contribution in [0.1, 0.15) is 10.4 Å². The molecule has 0 amide bonds. The Kier molecular flexibility index (Phi) is 4.98. The minimum atomic E-state index is 0.690. The number of para-hydroxylation sites is 3. The molecule has 8 rings (SSSR count). The average Bonchev–Trinajstić information content (AvgIpc) is 3.54. The van der Waals surface area contributed by atoms with Gasteiger partial charge in [0.15, 0.2) is 0 Å². The highest BCUT2D eigenvalue weighted by Crippen LogP contribution is 2.35. The van der Waals surface area contributed by atoms with Crippen LogP contribution in [0, 0.1) is 0 Å². The highest BCUT2D eigenvalue weighted by Gasteiger charge is 2.14. The third-order valence-corrected chi connectivity index (χ3v) is 8.00. The topological polar surface area (TPSA) is 26.9 Å². The summed E-state index contributed by atoms with van der Waals surface area (Å²) in [6.45, 7) is 0. The number of hydrogen-bond donors (Lipinski definition) is 0. The molecular formula is C37H24N2O. The van der Waals surface area contributed by atoms with E-state index in [0.717, 1.165) is 39.5 Å². The van der Waals surface area contributed by atoms with E-state index in [1.54, 1.807) is 0 Å². The van der Waals surface area contributed by atoms with Gasteiger partial charge in [-0.2, -0.15) is 0 Å². The van der Waals surface area contributed by atoms with Crippen LogP contribution >= 0.6 is 0 Å². The molecule has 6 aromatic carbocycles. The monoisotopic (exact) mass is 512 g/mol. The molecule has 2 heterocycles. The van der Waals surface area contributed by atoms with Crippen molar-refractivity contribution in [2.75, 3.05) is 0 Å². The normalized spacial score (nSPS) is 11.6. The van der Waals surface area contributed by atoms with E-state index in [1.165, 1.54) is 32.9 Å². The lowest BCUT2D eigenvalue weighted by Crippen LogP contribution is -1.94. The van der Waals surface area contributed by atoms with Crippen molar-refractivity contribution in [1.82, 2.24) is 9.13 Å². The smallest absolute Gasteiger partial charge is 0.150 e. The summed E-state index contributed by atoms with van der Waals surface area (Å²) in [6.07, 6.45) is 0.910. The van der Waals surface area contributed by atoms with E-state index >= 15 is 0 Å². The summed E-state index contributed by atoms with van der Waals surface area (Å²) < 4.78 is 4.62. The van der Waals surface area contributed by atoms with Gasteiger partial charge in [0.1, 0.15) is 6.29 Å². The van der Waals surface area contributed by atoms with Crippen LogP contribution in [0.25, 0.3) is 66.1 Å². The first-order valence-electron chi connectivity index (χ1n) is 13.5. The Morgan fingerprint density at radius 3 is 1.25 bits per heavy atom. The largest absolute Gasteiger partial charge is 0.309 e. The van der Waals surface area contributed by atoms with Crippen molar-refractivity contribution in [1.29, 1.82) is 0 Å². The summed E-state index contributed by atoms with van der Waals surface area (Å²) >= 11 is 0. The first-order valence-corrected chi connectivity index (χ1v) is 13.5. The Morgan fingerprint density at radius 2 is 0.800 bits per heavy atom. The number of fused-ring (bicyclic) bond motifs is 6. The number of aromatic nitrogens is 2. The van der Waals surface area contributed by atoms with E-state index in [9.17, 15) is 4.79 Å². The molecule has 8 aromatic rings. The van der Waals surface area contributed by atoms with Crippen LogP contribution in [0.2, 0.25) is 0 Å². The van der Waals surface area contributed by atoms with Crippen molar-refractivity contribution in [2.45, 2.75) is 0 Å². The van der Waals surface area contributed by atoms with E-state index < -0.39 is 0 Å². The average molecular weight is 513 g/mol. The minimum Gasteiger partial charge on any atom is -0.309 e. The molecule has 0 aliphatic carbocycles. The third-order valence-electron chi connectivity index (χ3n) is 8.00. The molecule has 0 radical (unpaired) electrons. The van der Waals surface area contributed by atoms with Gasteiger partial charge in [0, 0.05) is 38.5 Å². The van der Waals surface area contributed by atoms with Crippen molar-refractivity contribution in [3.05, 3.63) is 145 Å². The van der Waals surface area contributed by atoms with Crippen molar-refractivity contribution in [3.63, 3.8) is 0 Å². The van der Waals surface area contributed by atoms with Crippen LogP contribution in [-0.4, -0.2) is 15.4 Å². The molecular weight excluding hydrogens is 488 g/mol. The standard InChI is InChI=1S/C37H24N2O/c40-24-25-13-22-37-33(23-25)32-9-3-6-12-36(32)39(37)29-20-16-27(17-21-29)26-14-18-28(19-15-26)38-34-10-4-1-7-30(34)31-8-2-5-11-35(31)38/h1-24H. The first-order chi connectivity index (χ1) is 19.8. The zero-order valence-electron chi connectivity index (χ0n) is 21.7. The summed E-state index contributed by atoms with van der Waals surface area (Å²) in [5.41, 5.74) is 9.93. The lowest BCUT2D eigenvalue weighted by Gasteiger charge is -2.11. The fourth-order valence-electron chi connectivity index (χ4n) is 6.15. The van der Waals surface area contributed by atoms with E-state index in [2.05, 4.69) is 124 Å². The maximum absolute atomic E-state index is 11.4. The van der Waals surface area contributed by atoms with Gasteiger partial charge in [-0.15, -0.1) is 0 Å². The highest BCUT2D eigenvalue weighted by atomic mass is 16.1. The zero-order valence-corrected chi connectivity index (χ0v) is 21.7. The van der Waals surface area contributed by atoms with Gasteiger partial charge in [-0.05, 0) is 71.8 Å². The van der Waals surface area contributed by atoms with Crippen LogP contribution in [-0.2, 0) is 0 Å². The number of aldehydes is 1. The second-order valence-corrected chi connectivity index (χ2v) is 10.2. The van der Waals surface area contributed by atoms with Crippen LogP contribution in [0.4, 0.5) is 0 Å². The summed E-state index contributed by atoms with van der Waals surface area (Å²) in [7, 11) is 0. The molecule has 188 valence electrons. The Labute approximate surface area is 231 Å². The van der Waals surface area contributed by atoms with Crippen molar-refractivity contribution >= 4 is 49.9 Å². The predicted octanol–water partition coefficient (Wildman–Crippen LogP) is 9.36. The Bertz CT molecular complexity index is 2160. The number of nitrogens with zero attached hydrogens (tertiary/aromatic N) is 2. The molecule has 0 saturated heterocycles. The van der Waals surface area contributed by atoms with Crippen LogP contribution in [0.15, 0.2) is 140 Å². The van der Waals surface area contributed by atoms with Gasteiger partial charge >= 0.3 is 0 Å². The van der Waals surface area contributed by atoms with Gasteiger partial charge in [0.2, 0.25) is 0 Å². The number of carbonyl (C=O) groups is 1. The maximum atomic E-state index is 11.4. The van der Waals surface area contributed by atoms with Crippen molar-refractivity contribution in [3.8, 4) is 22.5 Å². The zero-order chi connectivity index (χ0) is 26.6. The maximum Gasteiger partial charge on any atom is 0.150 e. The van der Waals surface area contributed by atoms with Crippen LogP contribution in [0.5, 0.6) is 0 Å². The fourth-order valence-corrected chi connectivity index (χ4v) is 6.15. The Balaban J connectivity index is 1.19. The molecule has 0 N–H and O–H groups in total. The Hall–Kier alpha value is -5.41. The molecule has 0 aliphatic rings. The van der Waals surface area contributed by atoms with E-state index in [1.807, 2.05) is 24.3 Å². The Morgan fingerprint density at radius 1 is 0.400 bits per heavy atom. The molecule has 0 spiro atoms. The van der Waals surface area contributed by atoms with E-state index in [-0.39, 0.29) is 0 Å². The van der Waals surface area contributed by atoms with Crippen molar-refractivity contribution in [2.24, 2.45) is 0 Å². The minimum absolute atomic E-state index is 0.690. The number of benzene rings is 6. The molecule has 2 aromatic heterocycles. The highest BCUT2D eigenvalue weighted by molar-refractivity contribution is 6.11.